The molecule has 2 rings (SSSR count). The largest absolute Gasteiger partial charge is 0.325 e. The quantitative estimate of drug-likeness (QED) is 0.766. The van der Waals surface area contributed by atoms with Crippen molar-refractivity contribution in [1.29, 1.82) is 0 Å². The van der Waals surface area contributed by atoms with E-state index in [0.29, 0.717) is 11.7 Å². The summed E-state index contributed by atoms with van der Waals surface area (Å²) in [5.41, 5.74) is 2.18. The maximum Gasteiger partial charge on any atom is 0.234 e. The van der Waals surface area contributed by atoms with Gasteiger partial charge < -0.3 is 5.32 Å². The summed E-state index contributed by atoms with van der Waals surface area (Å²) in [6, 6.07) is 18.1. The Morgan fingerprint density at radius 3 is 2.38 bits per heavy atom. The number of carbonyl (C=O) groups excluding carboxylic acids is 1. The Hall–Kier alpha value is -1.74. The molecule has 0 saturated carbocycles. The predicted molar refractivity (Wildman–Crippen MR) is 90.9 cm³/mol. The third kappa shape index (κ3) is 4.94. The van der Waals surface area contributed by atoms with Gasteiger partial charge in [-0.1, -0.05) is 44.2 Å². The number of rotatable bonds is 6. The lowest BCUT2D eigenvalue weighted by molar-refractivity contribution is -0.113. The molecule has 2 aromatic carbocycles. The van der Waals surface area contributed by atoms with Gasteiger partial charge in [0, 0.05) is 10.6 Å². The lowest BCUT2D eigenvalue weighted by Crippen LogP contribution is -2.13. The third-order valence-corrected chi connectivity index (χ3v) is 4.50. The van der Waals surface area contributed by atoms with Crippen molar-refractivity contribution in [3.8, 4) is 0 Å². The summed E-state index contributed by atoms with van der Waals surface area (Å²) in [7, 11) is 0. The molecular weight excluding hydrogens is 278 g/mol. The van der Waals surface area contributed by atoms with Crippen LogP contribution in [0.3, 0.4) is 0 Å². The zero-order chi connectivity index (χ0) is 15.1. The number of carbonyl (C=O) groups is 1. The molecule has 1 atom stereocenters. The van der Waals surface area contributed by atoms with Crippen molar-refractivity contribution in [1.82, 2.24) is 0 Å². The van der Waals surface area contributed by atoms with Gasteiger partial charge in [0.25, 0.3) is 0 Å². The van der Waals surface area contributed by atoms with E-state index in [0.717, 1.165) is 17.0 Å². The Bertz CT molecular complexity index is 566. The summed E-state index contributed by atoms with van der Waals surface area (Å²) in [5, 5.41) is 2.94. The SMILES string of the molecule is CC[C@@H](C)c1ccc(NC(=O)CSc2ccccc2)cc1. The monoisotopic (exact) mass is 299 g/mol. The fourth-order valence-corrected chi connectivity index (χ4v) is 2.71. The Balaban J connectivity index is 1.85. The second kappa shape index (κ2) is 7.89. The Morgan fingerprint density at radius 2 is 1.76 bits per heavy atom. The molecule has 0 aliphatic carbocycles. The molecule has 110 valence electrons. The third-order valence-electron chi connectivity index (χ3n) is 3.49. The van der Waals surface area contributed by atoms with Crippen LogP contribution in [0.1, 0.15) is 31.7 Å². The van der Waals surface area contributed by atoms with Crippen LogP contribution in [0.4, 0.5) is 5.69 Å². The number of hydrogen-bond acceptors (Lipinski definition) is 2. The molecule has 1 N–H and O–H groups in total. The van der Waals surface area contributed by atoms with Crippen LogP contribution in [-0.2, 0) is 4.79 Å². The fourth-order valence-electron chi connectivity index (χ4n) is 1.99. The minimum atomic E-state index is 0.0279. The molecule has 0 aliphatic heterocycles. The molecule has 0 saturated heterocycles. The second-order valence-electron chi connectivity index (χ2n) is 5.08. The van der Waals surface area contributed by atoms with Crippen LogP contribution in [0.5, 0.6) is 0 Å². The van der Waals surface area contributed by atoms with Crippen LogP contribution in [0.2, 0.25) is 0 Å². The van der Waals surface area contributed by atoms with Gasteiger partial charge >= 0.3 is 0 Å². The zero-order valence-electron chi connectivity index (χ0n) is 12.5. The summed E-state index contributed by atoms with van der Waals surface area (Å²) in [4.78, 5) is 13.0. The van der Waals surface area contributed by atoms with Crippen molar-refractivity contribution in [2.75, 3.05) is 11.1 Å². The number of nitrogens with one attached hydrogen (secondary N) is 1. The topological polar surface area (TPSA) is 29.1 Å². The van der Waals surface area contributed by atoms with E-state index in [1.807, 2.05) is 42.5 Å². The van der Waals surface area contributed by atoms with Gasteiger partial charge in [-0.15, -0.1) is 11.8 Å². The van der Waals surface area contributed by atoms with E-state index in [1.54, 1.807) is 11.8 Å². The first-order chi connectivity index (χ1) is 10.2. The number of hydrogen-bond donors (Lipinski definition) is 1. The molecule has 21 heavy (non-hydrogen) atoms. The summed E-state index contributed by atoms with van der Waals surface area (Å²) in [6.07, 6.45) is 1.12. The molecule has 0 aromatic heterocycles. The summed E-state index contributed by atoms with van der Waals surface area (Å²) >= 11 is 1.55. The predicted octanol–water partition coefficient (Wildman–Crippen LogP) is 4.93. The van der Waals surface area contributed by atoms with Crippen molar-refractivity contribution in [3.63, 3.8) is 0 Å². The minimum Gasteiger partial charge on any atom is -0.325 e. The van der Waals surface area contributed by atoms with Gasteiger partial charge in [-0.05, 0) is 42.2 Å². The number of thioether (sulfide) groups is 1. The van der Waals surface area contributed by atoms with E-state index in [9.17, 15) is 4.79 Å². The summed E-state index contributed by atoms with van der Waals surface area (Å²) < 4.78 is 0. The van der Waals surface area contributed by atoms with E-state index in [4.69, 9.17) is 0 Å². The Morgan fingerprint density at radius 1 is 1.10 bits per heavy atom. The van der Waals surface area contributed by atoms with E-state index in [1.165, 1.54) is 5.56 Å². The zero-order valence-corrected chi connectivity index (χ0v) is 13.3. The maximum absolute atomic E-state index is 11.9. The molecule has 0 heterocycles. The molecule has 3 heteroatoms. The highest BCUT2D eigenvalue weighted by molar-refractivity contribution is 8.00. The van der Waals surface area contributed by atoms with Gasteiger partial charge in [0.05, 0.1) is 5.75 Å². The lowest BCUT2D eigenvalue weighted by atomic mass is 9.99. The smallest absolute Gasteiger partial charge is 0.234 e. The molecule has 2 nitrogen and oxygen atoms in total. The maximum atomic E-state index is 11.9. The van der Waals surface area contributed by atoms with Gasteiger partial charge in [0.2, 0.25) is 5.91 Å². The van der Waals surface area contributed by atoms with Crippen molar-refractivity contribution in [2.24, 2.45) is 0 Å². The van der Waals surface area contributed by atoms with E-state index >= 15 is 0 Å². The number of anilines is 1. The molecule has 0 spiro atoms. The van der Waals surface area contributed by atoms with Crippen LogP contribution in [0, 0.1) is 0 Å². The van der Waals surface area contributed by atoms with E-state index < -0.39 is 0 Å². The molecule has 0 bridgehead atoms. The second-order valence-corrected chi connectivity index (χ2v) is 6.13. The summed E-state index contributed by atoms with van der Waals surface area (Å²) in [5.74, 6) is 1.01. The first-order valence-electron chi connectivity index (χ1n) is 7.26. The van der Waals surface area contributed by atoms with Gasteiger partial charge in [-0.25, -0.2) is 0 Å². The van der Waals surface area contributed by atoms with Crippen LogP contribution < -0.4 is 5.32 Å². The molecule has 0 fully saturated rings. The lowest BCUT2D eigenvalue weighted by Gasteiger charge is -2.10. The first kappa shape index (κ1) is 15.6. The van der Waals surface area contributed by atoms with Crippen molar-refractivity contribution in [3.05, 3.63) is 60.2 Å². The highest BCUT2D eigenvalue weighted by Gasteiger charge is 2.05. The average Bonchev–Trinajstić information content (AvgIpc) is 2.54. The molecule has 0 unspecified atom stereocenters. The number of amides is 1. The standard InChI is InChI=1S/C18H21NOS/c1-3-14(2)15-9-11-16(12-10-15)19-18(20)13-21-17-7-5-4-6-8-17/h4-12,14H,3,13H2,1-2H3,(H,19,20)/t14-/m1/s1. The van der Waals surface area contributed by atoms with Gasteiger partial charge in [0.1, 0.15) is 0 Å². The van der Waals surface area contributed by atoms with Crippen molar-refractivity contribution >= 4 is 23.4 Å². The molecule has 1 amide bonds. The highest BCUT2D eigenvalue weighted by Crippen LogP contribution is 2.21. The van der Waals surface area contributed by atoms with Gasteiger partial charge in [-0.3, -0.25) is 4.79 Å². The average molecular weight is 299 g/mol. The highest BCUT2D eigenvalue weighted by atomic mass is 32.2. The Kier molecular flexibility index (Phi) is 5.88. The van der Waals surface area contributed by atoms with Crippen LogP contribution in [0.15, 0.2) is 59.5 Å². The van der Waals surface area contributed by atoms with Gasteiger partial charge in [0.15, 0.2) is 0 Å². The normalized spacial score (nSPS) is 11.9. The molecule has 2 aromatic rings. The summed E-state index contributed by atoms with van der Waals surface area (Å²) in [6.45, 7) is 4.39. The number of benzene rings is 2. The van der Waals surface area contributed by atoms with E-state index in [-0.39, 0.29) is 5.91 Å². The first-order valence-corrected chi connectivity index (χ1v) is 8.25. The molecular formula is C18H21NOS. The van der Waals surface area contributed by atoms with Gasteiger partial charge in [-0.2, -0.15) is 0 Å². The van der Waals surface area contributed by atoms with E-state index in [2.05, 4.69) is 31.3 Å². The molecule has 0 aliphatic rings. The van der Waals surface area contributed by atoms with Crippen molar-refractivity contribution < 1.29 is 4.79 Å². The Labute approximate surface area is 131 Å². The van der Waals surface area contributed by atoms with Crippen molar-refractivity contribution in [2.45, 2.75) is 31.1 Å². The fraction of sp³-hybridized carbons (Fsp3) is 0.278. The minimum absolute atomic E-state index is 0.0279. The van der Waals surface area contributed by atoms with Crippen LogP contribution >= 0.6 is 11.8 Å². The van der Waals surface area contributed by atoms with Crippen LogP contribution in [0.25, 0.3) is 0 Å². The molecule has 0 radical (unpaired) electrons. The van der Waals surface area contributed by atoms with Crippen LogP contribution in [-0.4, -0.2) is 11.7 Å².